The summed E-state index contributed by atoms with van der Waals surface area (Å²) in [5, 5.41) is 3.92. The maximum absolute atomic E-state index is 13.4. The van der Waals surface area contributed by atoms with E-state index >= 15 is 0 Å². The molecule has 2 atom stereocenters. The molecule has 0 saturated carbocycles. The first kappa shape index (κ1) is 14.5. The normalized spacial score (nSPS) is 14.1. The molecule has 2 unspecified atom stereocenters. The lowest BCUT2D eigenvalue weighted by atomic mass is 9.99. The van der Waals surface area contributed by atoms with Crippen molar-refractivity contribution in [2.75, 3.05) is 7.11 Å². The van der Waals surface area contributed by atoms with Crippen molar-refractivity contribution >= 4 is 0 Å². The maximum atomic E-state index is 13.4. The fourth-order valence-corrected chi connectivity index (χ4v) is 2.07. The summed E-state index contributed by atoms with van der Waals surface area (Å²) in [7, 11) is 1.41. The topological polar surface area (TPSA) is 74.2 Å². The number of nitrogens with zero attached hydrogens (tertiary/aromatic N) is 2. The minimum absolute atomic E-state index is 0.0126. The first-order valence-corrected chi connectivity index (χ1v) is 6.49. The van der Waals surface area contributed by atoms with Crippen molar-refractivity contribution in [2.45, 2.75) is 32.2 Å². The molecule has 0 spiro atoms. The van der Waals surface area contributed by atoms with Gasteiger partial charge in [-0.15, -0.1) is 0 Å². The van der Waals surface area contributed by atoms with Gasteiger partial charge in [0, 0.05) is 11.6 Å². The van der Waals surface area contributed by atoms with Gasteiger partial charge < -0.3 is 15.0 Å². The van der Waals surface area contributed by atoms with Crippen LogP contribution in [0.4, 0.5) is 4.39 Å². The van der Waals surface area contributed by atoms with Gasteiger partial charge >= 0.3 is 0 Å². The third-order valence-corrected chi connectivity index (χ3v) is 3.24. The average molecular weight is 279 g/mol. The largest absolute Gasteiger partial charge is 0.494 e. The highest BCUT2D eigenvalue weighted by atomic mass is 19.1. The highest BCUT2D eigenvalue weighted by Gasteiger charge is 2.21. The van der Waals surface area contributed by atoms with Gasteiger partial charge in [-0.25, -0.2) is 4.39 Å². The van der Waals surface area contributed by atoms with E-state index in [9.17, 15) is 4.39 Å². The molecule has 1 heterocycles. The number of aromatic nitrogens is 2. The summed E-state index contributed by atoms with van der Waals surface area (Å²) < 4.78 is 23.6. The lowest BCUT2D eigenvalue weighted by Crippen LogP contribution is -2.24. The summed E-state index contributed by atoms with van der Waals surface area (Å²) in [6, 6.07) is 4.36. The van der Waals surface area contributed by atoms with Crippen LogP contribution in [0.15, 0.2) is 22.7 Å². The monoisotopic (exact) mass is 279 g/mol. The number of nitrogens with two attached hydrogens (primary N) is 1. The zero-order chi connectivity index (χ0) is 14.7. The minimum Gasteiger partial charge on any atom is -0.494 e. The second kappa shape index (κ2) is 6.00. The van der Waals surface area contributed by atoms with E-state index in [0.29, 0.717) is 17.3 Å². The smallest absolute Gasteiger partial charge is 0.231 e. The lowest BCUT2D eigenvalue weighted by Gasteiger charge is -2.13. The zero-order valence-electron chi connectivity index (χ0n) is 11.8. The number of methoxy groups -OCH3 is 1. The first-order chi connectivity index (χ1) is 9.56. The van der Waals surface area contributed by atoms with Crippen LogP contribution >= 0.6 is 0 Å². The summed E-state index contributed by atoms with van der Waals surface area (Å²) in [5.74, 6) is 0.631. The Balaban J connectivity index is 2.33. The highest BCUT2D eigenvalue weighted by molar-refractivity contribution is 5.57. The molecule has 0 fully saturated rings. The molecule has 2 rings (SSSR count). The molecule has 6 heteroatoms. The Bertz CT molecular complexity index is 584. The quantitative estimate of drug-likeness (QED) is 0.910. The molecule has 1 aromatic carbocycles. The number of hydrogen-bond donors (Lipinski definition) is 1. The van der Waals surface area contributed by atoms with Crippen LogP contribution in [0.3, 0.4) is 0 Å². The Morgan fingerprint density at radius 1 is 1.45 bits per heavy atom. The average Bonchev–Trinajstić information content (AvgIpc) is 2.89. The SMILES string of the molecule is CCC(c1nc(-c2ccc(F)c(OC)c2)no1)C(C)N. The molecule has 1 aromatic heterocycles. The van der Waals surface area contributed by atoms with E-state index in [1.165, 1.54) is 19.2 Å². The lowest BCUT2D eigenvalue weighted by molar-refractivity contribution is 0.334. The molecular formula is C14H18FN3O2. The van der Waals surface area contributed by atoms with Crippen LogP contribution in [-0.2, 0) is 0 Å². The van der Waals surface area contributed by atoms with E-state index < -0.39 is 5.82 Å². The molecule has 0 saturated heterocycles. The Morgan fingerprint density at radius 3 is 2.80 bits per heavy atom. The van der Waals surface area contributed by atoms with Crippen LogP contribution in [0.5, 0.6) is 5.75 Å². The summed E-state index contributed by atoms with van der Waals surface area (Å²) in [4.78, 5) is 4.34. The van der Waals surface area contributed by atoms with Crippen LogP contribution in [0.1, 0.15) is 32.1 Å². The molecule has 0 aliphatic rings. The van der Waals surface area contributed by atoms with E-state index in [1.807, 2.05) is 13.8 Å². The van der Waals surface area contributed by atoms with Crippen molar-refractivity contribution in [1.29, 1.82) is 0 Å². The molecule has 108 valence electrons. The number of ether oxygens (including phenoxy) is 1. The number of halogens is 1. The maximum Gasteiger partial charge on any atom is 0.231 e. The number of hydrogen-bond acceptors (Lipinski definition) is 5. The second-order valence-corrected chi connectivity index (χ2v) is 4.68. The predicted octanol–water partition coefficient (Wildman–Crippen LogP) is 2.73. The summed E-state index contributed by atoms with van der Waals surface area (Å²) in [6.45, 7) is 3.91. The van der Waals surface area contributed by atoms with Crippen LogP contribution < -0.4 is 10.5 Å². The molecule has 0 radical (unpaired) electrons. The Morgan fingerprint density at radius 2 is 2.20 bits per heavy atom. The van der Waals surface area contributed by atoms with Crippen molar-refractivity contribution in [3.05, 3.63) is 29.9 Å². The summed E-state index contributed by atoms with van der Waals surface area (Å²) >= 11 is 0. The predicted molar refractivity (Wildman–Crippen MR) is 72.9 cm³/mol. The fraction of sp³-hybridized carbons (Fsp3) is 0.429. The summed E-state index contributed by atoms with van der Waals surface area (Å²) in [5.41, 5.74) is 6.53. The van der Waals surface area contributed by atoms with E-state index in [4.69, 9.17) is 15.0 Å². The minimum atomic E-state index is -0.429. The van der Waals surface area contributed by atoms with Gasteiger partial charge in [0.15, 0.2) is 11.6 Å². The van der Waals surface area contributed by atoms with Crippen molar-refractivity contribution in [1.82, 2.24) is 10.1 Å². The van der Waals surface area contributed by atoms with Gasteiger partial charge in [-0.05, 0) is 31.5 Å². The van der Waals surface area contributed by atoms with Crippen molar-refractivity contribution in [2.24, 2.45) is 5.73 Å². The highest BCUT2D eigenvalue weighted by Crippen LogP contribution is 2.27. The van der Waals surface area contributed by atoms with Gasteiger partial charge in [0.25, 0.3) is 0 Å². The van der Waals surface area contributed by atoms with Crippen LogP contribution in [-0.4, -0.2) is 23.3 Å². The zero-order valence-corrected chi connectivity index (χ0v) is 11.8. The molecule has 0 aliphatic carbocycles. The third-order valence-electron chi connectivity index (χ3n) is 3.24. The van der Waals surface area contributed by atoms with E-state index in [0.717, 1.165) is 6.42 Å². The van der Waals surface area contributed by atoms with Crippen molar-refractivity contribution < 1.29 is 13.7 Å². The molecule has 5 nitrogen and oxygen atoms in total. The van der Waals surface area contributed by atoms with Gasteiger partial charge in [0.1, 0.15) is 0 Å². The van der Waals surface area contributed by atoms with Gasteiger partial charge in [-0.1, -0.05) is 12.1 Å². The molecule has 0 aliphatic heterocycles. The Hall–Kier alpha value is -1.95. The van der Waals surface area contributed by atoms with Crippen molar-refractivity contribution in [3.8, 4) is 17.1 Å². The molecule has 0 bridgehead atoms. The first-order valence-electron chi connectivity index (χ1n) is 6.49. The van der Waals surface area contributed by atoms with Gasteiger partial charge in [0.05, 0.1) is 13.0 Å². The van der Waals surface area contributed by atoms with Crippen LogP contribution in [0.2, 0.25) is 0 Å². The third kappa shape index (κ3) is 2.80. The molecule has 2 aromatic rings. The Kier molecular flexibility index (Phi) is 4.34. The number of benzene rings is 1. The van der Waals surface area contributed by atoms with Crippen LogP contribution in [0, 0.1) is 5.82 Å². The Labute approximate surface area is 116 Å². The van der Waals surface area contributed by atoms with Gasteiger partial charge in [-0.2, -0.15) is 4.98 Å². The molecule has 20 heavy (non-hydrogen) atoms. The van der Waals surface area contributed by atoms with Gasteiger partial charge in [-0.3, -0.25) is 0 Å². The standard InChI is InChI=1S/C14H18FN3O2/c1-4-10(8(2)16)14-17-13(18-20-14)9-5-6-11(15)12(7-9)19-3/h5-8,10H,4,16H2,1-3H3. The molecule has 2 N–H and O–H groups in total. The second-order valence-electron chi connectivity index (χ2n) is 4.68. The van der Waals surface area contributed by atoms with Crippen LogP contribution in [0.25, 0.3) is 11.4 Å². The summed E-state index contributed by atoms with van der Waals surface area (Å²) in [6.07, 6.45) is 0.812. The van der Waals surface area contributed by atoms with E-state index in [1.54, 1.807) is 6.07 Å². The fourth-order valence-electron chi connectivity index (χ4n) is 2.07. The van der Waals surface area contributed by atoms with Gasteiger partial charge in [0.2, 0.25) is 11.7 Å². The number of rotatable bonds is 5. The van der Waals surface area contributed by atoms with Crippen molar-refractivity contribution in [3.63, 3.8) is 0 Å². The van der Waals surface area contributed by atoms with E-state index in [-0.39, 0.29) is 17.7 Å². The van der Waals surface area contributed by atoms with E-state index in [2.05, 4.69) is 10.1 Å². The molecular weight excluding hydrogens is 261 g/mol. The molecule has 0 amide bonds.